The predicted octanol–water partition coefficient (Wildman–Crippen LogP) is 2.44. The van der Waals surface area contributed by atoms with Crippen molar-refractivity contribution in [3.05, 3.63) is 65.7 Å². The minimum Gasteiger partial charge on any atom is -0.378 e. The molecule has 0 aromatic heterocycles. The lowest BCUT2D eigenvalue weighted by Crippen LogP contribution is -2.31. The van der Waals surface area contributed by atoms with Crippen LogP contribution in [0.3, 0.4) is 0 Å². The Bertz CT molecular complexity index is 609. The van der Waals surface area contributed by atoms with Crippen LogP contribution in [0, 0.1) is 0 Å². The fourth-order valence-corrected chi connectivity index (χ4v) is 2.24. The lowest BCUT2D eigenvalue weighted by atomic mass is 10.1. The number of nitrogens with zero attached hydrogens (tertiary/aromatic N) is 2. The van der Waals surface area contributed by atoms with E-state index in [9.17, 15) is 9.90 Å². The molecule has 1 N–H and O–H groups in total. The molecule has 0 saturated carbocycles. The van der Waals surface area contributed by atoms with Gasteiger partial charge in [0.1, 0.15) is 0 Å². The topological polar surface area (TPSA) is 43.8 Å². The fourth-order valence-electron chi connectivity index (χ4n) is 2.24. The van der Waals surface area contributed by atoms with Crippen LogP contribution in [0.25, 0.3) is 0 Å². The van der Waals surface area contributed by atoms with Gasteiger partial charge in [0.25, 0.3) is 5.91 Å². The summed E-state index contributed by atoms with van der Waals surface area (Å²) in [6.45, 7) is 0.469. The molecular weight excluding hydrogens is 276 g/mol. The Morgan fingerprint density at radius 3 is 2.14 bits per heavy atom. The second-order valence-electron chi connectivity index (χ2n) is 5.57. The van der Waals surface area contributed by atoms with Crippen molar-refractivity contribution >= 4 is 11.6 Å². The van der Waals surface area contributed by atoms with Crippen LogP contribution in [-0.4, -0.2) is 37.1 Å². The van der Waals surface area contributed by atoms with Crippen molar-refractivity contribution in [3.63, 3.8) is 0 Å². The number of carbonyl (C=O) groups is 1. The molecule has 2 rings (SSSR count). The number of rotatable bonds is 5. The van der Waals surface area contributed by atoms with Crippen molar-refractivity contribution in [2.24, 2.45) is 0 Å². The van der Waals surface area contributed by atoms with E-state index < -0.39 is 6.10 Å². The van der Waals surface area contributed by atoms with E-state index in [0.717, 1.165) is 11.3 Å². The third kappa shape index (κ3) is 3.86. The molecule has 4 heteroatoms. The molecule has 0 fully saturated rings. The molecule has 0 aliphatic carbocycles. The third-order valence-corrected chi connectivity index (χ3v) is 3.60. The van der Waals surface area contributed by atoms with Crippen LogP contribution in [-0.2, 0) is 11.3 Å². The molecule has 1 amide bonds. The van der Waals surface area contributed by atoms with Gasteiger partial charge in [0.2, 0.25) is 0 Å². The Morgan fingerprint density at radius 2 is 1.59 bits per heavy atom. The number of aliphatic hydroxyl groups is 1. The summed E-state index contributed by atoms with van der Waals surface area (Å²) in [6.07, 6.45) is -1.12. The molecule has 0 bridgehead atoms. The van der Waals surface area contributed by atoms with Gasteiger partial charge in [-0.1, -0.05) is 42.5 Å². The summed E-state index contributed by atoms with van der Waals surface area (Å²) in [6, 6.07) is 17.0. The maximum absolute atomic E-state index is 12.3. The van der Waals surface area contributed by atoms with Gasteiger partial charge in [0, 0.05) is 33.4 Å². The van der Waals surface area contributed by atoms with Gasteiger partial charge in [-0.3, -0.25) is 4.79 Å². The lowest BCUT2D eigenvalue weighted by molar-refractivity contribution is -0.139. The summed E-state index contributed by atoms with van der Waals surface area (Å²) in [5.41, 5.74) is 2.76. The molecule has 22 heavy (non-hydrogen) atoms. The van der Waals surface area contributed by atoms with Crippen LogP contribution in [0.4, 0.5) is 5.69 Å². The molecule has 0 heterocycles. The summed E-state index contributed by atoms with van der Waals surface area (Å²) in [4.78, 5) is 15.9. The van der Waals surface area contributed by atoms with Crippen molar-refractivity contribution < 1.29 is 9.90 Å². The summed E-state index contributed by atoms with van der Waals surface area (Å²) < 4.78 is 0. The summed E-state index contributed by atoms with van der Waals surface area (Å²) in [7, 11) is 5.68. The number of benzene rings is 2. The van der Waals surface area contributed by atoms with E-state index in [4.69, 9.17) is 0 Å². The first-order valence-corrected chi connectivity index (χ1v) is 7.23. The normalized spacial score (nSPS) is 11.8. The van der Waals surface area contributed by atoms with Crippen LogP contribution < -0.4 is 4.90 Å². The van der Waals surface area contributed by atoms with Crippen LogP contribution in [0.15, 0.2) is 54.6 Å². The Labute approximate surface area is 131 Å². The Balaban J connectivity index is 2.02. The fraction of sp³-hybridized carbons (Fsp3) is 0.278. The quantitative estimate of drug-likeness (QED) is 0.922. The first kappa shape index (κ1) is 16.0. The van der Waals surface area contributed by atoms with Crippen LogP contribution in [0.5, 0.6) is 0 Å². The molecule has 0 spiro atoms. The van der Waals surface area contributed by atoms with Gasteiger partial charge in [0.15, 0.2) is 6.10 Å². The van der Waals surface area contributed by atoms with Crippen molar-refractivity contribution in [2.45, 2.75) is 12.6 Å². The molecule has 0 saturated heterocycles. The third-order valence-electron chi connectivity index (χ3n) is 3.60. The zero-order valence-electron chi connectivity index (χ0n) is 13.2. The molecular formula is C18H22N2O2. The average Bonchev–Trinajstić information content (AvgIpc) is 2.54. The van der Waals surface area contributed by atoms with Crippen LogP contribution in [0.2, 0.25) is 0 Å². The molecule has 116 valence electrons. The largest absolute Gasteiger partial charge is 0.378 e. The number of likely N-dealkylation sites (N-methyl/N-ethyl adjacent to an activating group) is 1. The van der Waals surface area contributed by atoms with E-state index in [0.29, 0.717) is 12.1 Å². The minimum absolute atomic E-state index is 0.303. The lowest BCUT2D eigenvalue weighted by Gasteiger charge is -2.21. The van der Waals surface area contributed by atoms with E-state index in [2.05, 4.69) is 0 Å². The maximum atomic E-state index is 12.3. The monoisotopic (exact) mass is 298 g/mol. The zero-order chi connectivity index (χ0) is 16.1. The highest BCUT2D eigenvalue weighted by atomic mass is 16.3. The average molecular weight is 298 g/mol. The molecule has 0 aliphatic rings. The van der Waals surface area contributed by atoms with E-state index >= 15 is 0 Å². The molecule has 1 atom stereocenters. The SMILES string of the molecule is CN(Cc1ccc(N(C)C)cc1)C(=O)C(O)c1ccccc1. The van der Waals surface area contributed by atoms with E-state index in [1.165, 1.54) is 0 Å². The number of carbonyl (C=O) groups excluding carboxylic acids is 1. The smallest absolute Gasteiger partial charge is 0.256 e. The van der Waals surface area contributed by atoms with Gasteiger partial charge in [-0.05, 0) is 23.3 Å². The number of hydrogen-bond acceptors (Lipinski definition) is 3. The summed E-state index contributed by atoms with van der Waals surface area (Å²) >= 11 is 0. The number of anilines is 1. The number of hydrogen-bond donors (Lipinski definition) is 1. The van der Waals surface area contributed by atoms with Crippen molar-refractivity contribution in [1.82, 2.24) is 4.90 Å². The van der Waals surface area contributed by atoms with Gasteiger partial charge in [-0.15, -0.1) is 0 Å². The summed E-state index contributed by atoms with van der Waals surface area (Å²) in [5, 5.41) is 10.2. The molecule has 0 radical (unpaired) electrons. The van der Waals surface area contributed by atoms with Gasteiger partial charge in [-0.2, -0.15) is 0 Å². The van der Waals surface area contributed by atoms with Gasteiger partial charge < -0.3 is 14.9 Å². The Morgan fingerprint density at radius 1 is 1.00 bits per heavy atom. The second-order valence-corrected chi connectivity index (χ2v) is 5.57. The summed E-state index contributed by atoms with van der Waals surface area (Å²) in [5.74, 6) is -0.303. The van der Waals surface area contributed by atoms with E-state index in [1.807, 2.05) is 61.5 Å². The Hall–Kier alpha value is -2.33. The van der Waals surface area contributed by atoms with Gasteiger partial charge in [0.05, 0.1) is 0 Å². The van der Waals surface area contributed by atoms with Crippen molar-refractivity contribution in [1.29, 1.82) is 0 Å². The highest BCUT2D eigenvalue weighted by molar-refractivity contribution is 5.81. The molecule has 1 unspecified atom stereocenters. The standard InChI is InChI=1S/C18H22N2O2/c1-19(2)16-11-9-14(10-12-16)13-20(3)18(22)17(21)15-7-5-4-6-8-15/h4-12,17,21H,13H2,1-3H3. The van der Waals surface area contributed by atoms with E-state index in [1.54, 1.807) is 24.1 Å². The first-order chi connectivity index (χ1) is 10.5. The Kier molecular flexibility index (Phi) is 5.17. The predicted molar refractivity (Wildman–Crippen MR) is 88.6 cm³/mol. The van der Waals surface area contributed by atoms with E-state index in [-0.39, 0.29) is 5.91 Å². The van der Waals surface area contributed by atoms with Crippen LogP contribution in [0.1, 0.15) is 17.2 Å². The number of aliphatic hydroxyl groups excluding tert-OH is 1. The molecule has 0 aliphatic heterocycles. The highest BCUT2D eigenvalue weighted by Gasteiger charge is 2.21. The second kappa shape index (κ2) is 7.09. The number of amides is 1. The highest BCUT2D eigenvalue weighted by Crippen LogP contribution is 2.17. The zero-order valence-corrected chi connectivity index (χ0v) is 13.2. The van der Waals surface area contributed by atoms with Gasteiger partial charge in [-0.25, -0.2) is 0 Å². The van der Waals surface area contributed by atoms with Crippen molar-refractivity contribution in [3.8, 4) is 0 Å². The van der Waals surface area contributed by atoms with Gasteiger partial charge >= 0.3 is 0 Å². The first-order valence-electron chi connectivity index (χ1n) is 7.23. The minimum atomic E-state index is -1.12. The maximum Gasteiger partial charge on any atom is 0.256 e. The molecule has 4 nitrogen and oxygen atoms in total. The van der Waals surface area contributed by atoms with Crippen molar-refractivity contribution in [2.75, 3.05) is 26.0 Å². The molecule has 2 aromatic rings. The van der Waals surface area contributed by atoms with Crippen LogP contribution >= 0.6 is 0 Å². The molecule has 2 aromatic carbocycles.